The van der Waals surface area contributed by atoms with Crippen LogP contribution in [0.5, 0.6) is 5.75 Å². The molecule has 0 saturated carbocycles. The van der Waals surface area contributed by atoms with Crippen LogP contribution in [0.25, 0.3) is 0 Å². The molecule has 312 valence electrons. The molecule has 56 heavy (non-hydrogen) atoms. The second-order valence-corrected chi connectivity index (χ2v) is 14.1. The van der Waals surface area contributed by atoms with Crippen LogP contribution in [-0.4, -0.2) is 125 Å². The van der Waals surface area contributed by atoms with Crippen LogP contribution in [0.3, 0.4) is 0 Å². The van der Waals surface area contributed by atoms with Gasteiger partial charge in [0.05, 0.1) is 9.67 Å². The van der Waals surface area contributed by atoms with E-state index in [2.05, 4.69) is 31.9 Å². The number of guanidine groups is 2. The first-order chi connectivity index (χ1) is 26.1. The number of likely N-dealkylation sites (N-methyl/N-ethyl adjacent to an activating group) is 1. The number of primary amides is 2. The minimum atomic E-state index is -1.49. The van der Waals surface area contributed by atoms with Gasteiger partial charge in [-0.2, -0.15) is 0 Å². The largest absolute Gasteiger partial charge is 0.507 e. The van der Waals surface area contributed by atoms with E-state index in [1.165, 1.54) is 20.0 Å². The SMILES string of the molecule is CC(=O)N[C@H](C(=O)N[C@@H](CCCNC(=N)N)C(=O)N[C@@H](CCC(N)=O)C(=O)N(C)[C@@H](CCCNC(=N)N)C(=O)N[C@@H](Cc1ccc(O)c(I)c1)C(N)=O)[C@@H](C)O. The summed E-state index contributed by atoms with van der Waals surface area (Å²) >= 11 is 1.90. The van der Waals surface area contributed by atoms with Gasteiger partial charge in [0.25, 0.3) is 0 Å². The third-order valence-electron chi connectivity index (χ3n) is 8.24. The van der Waals surface area contributed by atoms with Crippen molar-refractivity contribution in [3.05, 3.63) is 27.3 Å². The summed E-state index contributed by atoms with van der Waals surface area (Å²) in [5.74, 6) is -6.49. The van der Waals surface area contributed by atoms with Crippen molar-refractivity contribution in [3.8, 4) is 5.75 Å². The van der Waals surface area contributed by atoms with Gasteiger partial charge in [-0.25, -0.2) is 0 Å². The van der Waals surface area contributed by atoms with Crippen LogP contribution in [0.1, 0.15) is 57.9 Å². The van der Waals surface area contributed by atoms with Gasteiger partial charge < -0.3 is 69.9 Å². The maximum Gasteiger partial charge on any atom is 0.245 e. The number of halogens is 1. The zero-order valence-electron chi connectivity index (χ0n) is 31.4. The predicted molar refractivity (Wildman–Crippen MR) is 212 cm³/mol. The van der Waals surface area contributed by atoms with E-state index in [9.17, 15) is 43.8 Å². The van der Waals surface area contributed by atoms with Crippen molar-refractivity contribution in [2.45, 2.75) is 95.1 Å². The molecule has 1 aromatic carbocycles. The second-order valence-electron chi connectivity index (χ2n) is 12.9. The predicted octanol–water partition coefficient (Wildman–Crippen LogP) is -4.02. The summed E-state index contributed by atoms with van der Waals surface area (Å²) in [7, 11) is 1.27. The highest BCUT2D eigenvalue weighted by Gasteiger charge is 2.36. The fourth-order valence-corrected chi connectivity index (χ4v) is 5.90. The van der Waals surface area contributed by atoms with E-state index in [1.807, 2.05) is 22.6 Å². The molecule has 0 spiro atoms. The standard InChI is InChI=1S/C33H54IN13O9/c1-16(48)26(43-17(2)49)30(55)44-20(6-4-12-41-32(37)38)28(53)45-21(9-11-25(35)51)31(56)47(3)23(7-5-13-42-33(39)40)29(54)46-22(27(36)52)15-18-8-10-24(50)19(34)14-18/h8,10,14,16,20-23,26,48,50H,4-7,9,11-13,15H2,1-3H3,(H2,35,51)(H2,36,52)(H,43,49)(H,44,55)(H,45,53)(H,46,54)(H4,37,38,41)(H4,39,40,42)/t16-,20+,21+,22+,23+,26+/m1/s1. The van der Waals surface area contributed by atoms with Gasteiger partial charge in [-0.1, -0.05) is 6.07 Å². The van der Waals surface area contributed by atoms with Crippen molar-refractivity contribution in [2.24, 2.45) is 22.9 Å². The zero-order valence-corrected chi connectivity index (χ0v) is 33.6. The van der Waals surface area contributed by atoms with Crippen LogP contribution in [0.2, 0.25) is 0 Å². The van der Waals surface area contributed by atoms with Crippen LogP contribution in [0.15, 0.2) is 18.2 Å². The van der Waals surface area contributed by atoms with Crippen molar-refractivity contribution in [2.75, 3.05) is 20.1 Å². The number of nitrogens with zero attached hydrogens (tertiary/aromatic N) is 1. The third kappa shape index (κ3) is 17.8. The lowest BCUT2D eigenvalue weighted by Gasteiger charge is -2.32. The van der Waals surface area contributed by atoms with Crippen molar-refractivity contribution < 1.29 is 43.8 Å². The first-order valence-corrected chi connectivity index (χ1v) is 18.6. The zero-order chi connectivity index (χ0) is 42.7. The Morgan fingerprint density at radius 2 is 1.36 bits per heavy atom. The van der Waals surface area contributed by atoms with Crippen molar-refractivity contribution >= 4 is 75.9 Å². The average Bonchev–Trinajstić information content (AvgIpc) is 3.10. The number of phenolic OH excluding ortho intramolecular Hbond substituents is 1. The maximum absolute atomic E-state index is 14.1. The lowest BCUT2D eigenvalue weighted by molar-refractivity contribution is -0.143. The fourth-order valence-electron chi connectivity index (χ4n) is 5.32. The van der Waals surface area contributed by atoms with Crippen molar-refractivity contribution in [3.63, 3.8) is 0 Å². The Hall–Kier alpha value is -5.46. The number of aliphatic hydroxyl groups is 1. The monoisotopic (exact) mass is 903 g/mol. The number of hydrogen-bond donors (Lipinski definition) is 14. The number of aromatic hydroxyl groups is 1. The number of nitrogens with two attached hydrogens (primary N) is 4. The maximum atomic E-state index is 14.1. The number of benzene rings is 1. The topological polar surface area (TPSA) is 387 Å². The van der Waals surface area contributed by atoms with Crippen LogP contribution in [-0.2, 0) is 40.0 Å². The number of carbonyl (C=O) groups is 7. The molecule has 1 aromatic rings. The highest BCUT2D eigenvalue weighted by atomic mass is 127. The van der Waals surface area contributed by atoms with E-state index in [-0.39, 0.29) is 75.7 Å². The molecule has 0 aliphatic carbocycles. The van der Waals surface area contributed by atoms with Crippen LogP contribution < -0.4 is 54.8 Å². The molecule has 0 aromatic heterocycles. The summed E-state index contributed by atoms with van der Waals surface area (Å²) in [5, 5.41) is 49.8. The molecule has 0 fully saturated rings. The second kappa shape index (κ2) is 24.1. The van der Waals surface area contributed by atoms with E-state index in [4.69, 9.17) is 33.8 Å². The van der Waals surface area contributed by atoms with Gasteiger partial charge in [-0.3, -0.25) is 44.4 Å². The third-order valence-corrected chi connectivity index (χ3v) is 9.10. The van der Waals surface area contributed by atoms with Crippen molar-refractivity contribution in [1.29, 1.82) is 10.8 Å². The molecule has 0 radical (unpaired) electrons. The summed E-state index contributed by atoms with van der Waals surface area (Å²) in [6, 6.07) is -2.30. The number of phenols is 1. The summed E-state index contributed by atoms with van der Waals surface area (Å²) < 4.78 is 0.491. The number of carbonyl (C=O) groups excluding carboxylic acids is 7. The van der Waals surface area contributed by atoms with Crippen LogP contribution in [0.4, 0.5) is 0 Å². The summed E-state index contributed by atoms with van der Waals surface area (Å²) in [4.78, 5) is 92.0. The fraction of sp³-hybridized carbons (Fsp3) is 0.545. The molecule has 1 rings (SSSR count). The minimum Gasteiger partial charge on any atom is -0.507 e. The Labute approximate surface area is 337 Å². The Balaban J connectivity index is 3.47. The Morgan fingerprint density at radius 3 is 1.86 bits per heavy atom. The van der Waals surface area contributed by atoms with E-state index < -0.39 is 77.7 Å². The number of rotatable bonds is 24. The molecule has 0 aliphatic rings. The summed E-state index contributed by atoms with van der Waals surface area (Å²) in [6.45, 7) is 2.62. The average molecular weight is 904 g/mol. The Kier molecular flexibility index (Phi) is 20.9. The van der Waals surface area contributed by atoms with Gasteiger partial charge in [0.15, 0.2) is 11.9 Å². The van der Waals surface area contributed by atoms with Gasteiger partial charge in [0.1, 0.15) is 36.0 Å². The molecule has 0 saturated heterocycles. The minimum absolute atomic E-state index is 0.0130. The smallest absolute Gasteiger partial charge is 0.245 e. The Bertz CT molecular complexity index is 1600. The van der Waals surface area contributed by atoms with Crippen LogP contribution >= 0.6 is 22.6 Å². The molecular formula is C33H54IN13O9. The summed E-state index contributed by atoms with van der Waals surface area (Å²) in [6.07, 6.45) is -1.91. The van der Waals surface area contributed by atoms with Crippen LogP contribution in [0, 0.1) is 14.4 Å². The Morgan fingerprint density at radius 1 is 0.804 bits per heavy atom. The lowest BCUT2D eigenvalue weighted by atomic mass is 10.0. The van der Waals surface area contributed by atoms with Gasteiger partial charge in [0, 0.05) is 39.9 Å². The molecule has 0 heterocycles. The first kappa shape index (κ1) is 48.6. The van der Waals surface area contributed by atoms with E-state index in [1.54, 1.807) is 12.1 Å². The normalized spacial score (nSPS) is 13.9. The molecule has 22 nitrogen and oxygen atoms in total. The molecule has 0 aliphatic heterocycles. The number of nitrogens with one attached hydrogen (secondary N) is 8. The van der Waals surface area contributed by atoms with E-state index in [0.717, 1.165) is 11.8 Å². The number of aliphatic hydroxyl groups excluding tert-OH is 1. The highest BCUT2D eigenvalue weighted by Crippen LogP contribution is 2.21. The molecule has 7 amide bonds. The molecular weight excluding hydrogens is 849 g/mol. The quantitative estimate of drug-likeness (QED) is 0.0204. The number of hydrogen-bond acceptors (Lipinski definition) is 11. The van der Waals surface area contributed by atoms with E-state index >= 15 is 0 Å². The molecule has 0 unspecified atom stereocenters. The number of amides is 7. The van der Waals surface area contributed by atoms with Gasteiger partial charge in [-0.15, -0.1) is 0 Å². The molecule has 18 N–H and O–H groups in total. The van der Waals surface area contributed by atoms with E-state index in [0.29, 0.717) is 9.13 Å². The van der Waals surface area contributed by atoms with Gasteiger partial charge >= 0.3 is 0 Å². The van der Waals surface area contributed by atoms with Crippen molar-refractivity contribution in [1.82, 2.24) is 36.8 Å². The highest BCUT2D eigenvalue weighted by molar-refractivity contribution is 14.1. The van der Waals surface area contributed by atoms with Gasteiger partial charge in [0.2, 0.25) is 41.4 Å². The summed E-state index contributed by atoms with van der Waals surface area (Å²) in [5.41, 5.74) is 22.3. The lowest BCUT2D eigenvalue weighted by Crippen LogP contribution is -2.60. The first-order valence-electron chi connectivity index (χ1n) is 17.5. The molecule has 0 bridgehead atoms. The molecule has 23 heteroatoms. The molecule has 6 atom stereocenters. The van der Waals surface area contributed by atoms with Gasteiger partial charge in [-0.05, 0) is 79.3 Å².